The van der Waals surface area contributed by atoms with Gasteiger partial charge < -0.3 is 14.8 Å². The topological polar surface area (TPSA) is 74.6 Å². The summed E-state index contributed by atoms with van der Waals surface area (Å²) in [7, 11) is 0. The molecule has 0 aliphatic carbocycles. The molecule has 150 valence electrons. The van der Waals surface area contributed by atoms with E-state index in [9.17, 15) is 4.79 Å². The Kier molecular flexibility index (Phi) is 6.23. The molecule has 1 fully saturated rings. The van der Waals surface area contributed by atoms with Crippen molar-refractivity contribution in [3.05, 3.63) is 48.0 Å². The van der Waals surface area contributed by atoms with Gasteiger partial charge in [0.2, 0.25) is 5.91 Å². The zero-order valence-corrected chi connectivity index (χ0v) is 16.9. The molecule has 29 heavy (non-hydrogen) atoms. The number of nitrogens with zero attached hydrogens (tertiary/aromatic N) is 2. The number of hydrogen-bond acceptors (Lipinski definition) is 6. The summed E-state index contributed by atoms with van der Waals surface area (Å²) < 4.78 is 11.3. The van der Waals surface area contributed by atoms with Gasteiger partial charge in [0.05, 0.1) is 24.1 Å². The molecule has 0 saturated carbocycles. The predicted octanol–water partition coefficient (Wildman–Crippen LogP) is 3.85. The average Bonchev–Trinajstić information content (AvgIpc) is 3.20. The van der Waals surface area contributed by atoms with E-state index in [1.165, 1.54) is 11.8 Å². The van der Waals surface area contributed by atoms with Gasteiger partial charge in [-0.15, -0.1) is 11.8 Å². The Labute approximate surface area is 174 Å². The molecule has 6 nitrogen and oxygen atoms in total. The molecular weight excluding hydrogens is 386 g/mol. The van der Waals surface area contributed by atoms with E-state index in [4.69, 9.17) is 14.7 Å². The minimum absolute atomic E-state index is 0.0422. The summed E-state index contributed by atoms with van der Waals surface area (Å²) in [4.78, 5) is 15.9. The largest absolute Gasteiger partial charge is 0.486 e. The van der Waals surface area contributed by atoms with E-state index >= 15 is 0 Å². The monoisotopic (exact) mass is 409 g/mol. The Morgan fingerprint density at radius 1 is 1.21 bits per heavy atom. The molecule has 4 rings (SSSR count). The lowest BCUT2D eigenvalue weighted by Gasteiger charge is -2.26. The smallest absolute Gasteiger partial charge is 0.238 e. The van der Waals surface area contributed by atoms with Crippen molar-refractivity contribution in [2.45, 2.75) is 23.8 Å². The lowest BCUT2D eigenvalue weighted by Crippen LogP contribution is -2.33. The number of nitriles is 1. The summed E-state index contributed by atoms with van der Waals surface area (Å²) in [6, 6.07) is 16.0. The van der Waals surface area contributed by atoms with Crippen molar-refractivity contribution in [3.63, 3.8) is 0 Å². The van der Waals surface area contributed by atoms with Crippen LogP contribution in [0, 0.1) is 11.3 Å². The maximum absolute atomic E-state index is 12.7. The highest BCUT2D eigenvalue weighted by molar-refractivity contribution is 7.99. The molecule has 7 heteroatoms. The van der Waals surface area contributed by atoms with Crippen LogP contribution in [0.25, 0.3) is 0 Å². The number of amides is 1. The molecule has 1 N–H and O–H groups in total. The molecule has 0 aromatic heterocycles. The van der Waals surface area contributed by atoms with Crippen molar-refractivity contribution in [1.29, 1.82) is 5.26 Å². The number of anilines is 1. The molecule has 2 aromatic carbocycles. The number of likely N-dealkylation sites (tertiary alicyclic amines) is 1. The fourth-order valence-electron chi connectivity index (χ4n) is 3.84. The number of nitrogens with one attached hydrogen (secondary N) is 1. The number of hydrogen-bond donors (Lipinski definition) is 1. The van der Waals surface area contributed by atoms with Crippen LogP contribution < -0.4 is 14.8 Å². The normalized spacial score (nSPS) is 18.2. The Bertz CT molecular complexity index is 928. The van der Waals surface area contributed by atoms with E-state index in [1.807, 2.05) is 36.4 Å². The Balaban J connectivity index is 1.43. The molecule has 0 radical (unpaired) electrons. The molecule has 2 heterocycles. The summed E-state index contributed by atoms with van der Waals surface area (Å²) in [6.45, 7) is 2.36. The first-order valence-corrected chi connectivity index (χ1v) is 10.8. The van der Waals surface area contributed by atoms with Gasteiger partial charge >= 0.3 is 0 Å². The molecule has 2 aromatic rings. The zero-order chi connectivity index (χ0) is 20.1. The fraction of sp³-hybridized carbons (Fsp3) is 0.364. The van der Waals surface area contributed by atoms with Crippen molar-refractivity contribution < 1.29 is 14.3 Å². The van der Waals surface area contributed by atoms with Gasteiger partial charge in [-0.1, -0.05) is 18.2 Å². The second-order valence-corrected chi connectivity index (χ2v) is 8.04. The number of para-hydroxylation sites is 1. The first-order valence-electron chi connectivity index (χ1n) is 9.77. The number of ether oxygens (including phenoxy) is 2. The van der Waals surface area contributed by atoms with Gasteiger partial charge in [-0.05, 0) is 49.2 Å². The van der Waals surface area contributed by atoms with Crippen molar-refractivity contribution in [2.24, 2.45) is 0 Å². The highest BCUT2D eigenvalue weighted by Crippen LogP contribution is 2.38. The van der Waals surface area contributed by atoms with Crippen LogP contribution in [-0.2, 0) is 4.79 Å². The Morgan fingerprint density at radius 3 is 2.90 bits per heavy atom. The van der Waals surface area contributed by atoms with Gasteiger partial charge in [-0.3, -0.25) is 9.69 Å². The third-order valence-electron chi connectivity index (χ3n) is 5.11. The fourth-order valence-corrected chi connectivity index (χ4v) is 4.51. The van der Waals surface area contributed by atoms with Crippen LogP contribution in [0.2, 0.25) is 0 Å². The third-order valence-corrected chi connectivity index (χ3v) is 6.06. The Morgan fingerprint density at radius 2 is 2.03 bits per heavy atom. The second-order valence-electron chi connectivity index (χ2n) is 7.02. The maximum atomic E-state index is 12.7. The van der Waals surface area contributed by atoms with Gasteiger partial charge in [-0.2, -0.15) is 5.26 Å². The van der Waals surface area contributed by atoms with E-state index in [0.29, 0.717) is 25.5 Å². The van der Waals surface area contributed by atoms with E-state index in [1.54, 1.807) is 0 Å². The predicted molar refractivity (Wildman–Crippen MR) is 112 cm³/mol. The van der Waals surface area contributed by atoms with Gasteiger partial charge in [0, 0.05) is 10.9 Å². The molecule has 2 aliphatic rings. The highest BCUT2D eigenvalue weighted by atomic mass is 32.2. The lowest BCUT2D eigenvalue weighted by molar-refractivity contribution is -0.117. The van der Waals surface area contributed by atoms with Crippen molar-refractivity contribution in [2.75, 3.05) is 37.4 Å². The Hall–Kier alpha value is -2.69. The van der Waals surface area contributed by atoms with Crippen LogP contribution in [-0.4, -0.2) is 42.9 Å². The molecule has 0 spiro atoms. The first-order chi connectivity index (χ1) is 14.2. The van der Waals surface area contributed by atoms with E-state index in [0.717, 1.165) is 47.0 Å². The number of carbonyl (C=O) groups is 1. The van der Waals surface area contributed by atoms with Gasteiger partial charge in [0.15, 0.2) is 11.5 Å². The number of thioether (sulfide) groups is 1. The van der Waals surface area contributed by atoms with E-state index < -0.39 is 0 Å². The highest BCUT2D eigenvalue weighted by Gasteiger charge is 2.29. The average molecular weight is 410 g/mol. The van der Waals surface area contributed by atoms with Crippen LogP contribution in [0.4, 0.5) is 5.69 Å². The molecule has 0 unspecified atom stereocenters. The first kappa shape index (κ1) is 19.6. The second kappa shape index (κ2) is 9.21. The van der Waals surface area contributed by atoms with Crippen LogP contribution >= 0.6 is 11.8 Å². The summed E-state index contributed by atoms with van der Waals surface area (Å²) in [5.41, 5.74) is 1.91. The van der Waals surface area contributed by atoms with Crippen molar-refractivity contribution in [3.8, 4) is 17.6 Å². The summed E-state index contributed by atoms with van der Waals surface area (Å²) >= 11 is 1.43. The van der Waals surface area contributed by atoms with Crippen LogP contribution in [0.5, 0.6) is 11.5 Å². The number of fused-ring (bicyclic) bond motifs is 1. The molecule has 1 amide bonds. The summed E-state index contributed by atoms with van der Waals surface area (Å²) in [5.74, 6) is 1.88. The zero-order valence-electron chi connectivity index (χ0n) is 16.1. The number of rotatable bonds is 6. The van der Waals surface area contributed by atoms with Crippen LogP contribution in [0.15, 0.2) is 47.4 Å². The maximum Gasteiger partial charge on any atom is 0.238 e. The quantitative estimate of drug-likeness (QED) is 0.731. The van der Waals surface area contributed by atoms with Crippen molar-refractivity contribution in [1.82, 2.24) is 4.90 Å². The van der Waals surface area contributed by atoms with Crippen LogP contribution in [0.1, 0.15) is 24.4 Å². The third kappa shape index (κ3) is 4.66. The van der Waals surface area contributed by atoms with Crippen molar-refractivity contribution >= 4 is 23.4 Å². The van der Waals surface area contributed by atoms with E-state index in [2.05, 4.69) is 22.4 Å². The molecule has 1 saturated heterocycles. The van der Waals surface area contributed by atoms with Gasteiger partial charge in [-0.25, -0.2) is 0 Å². The van der Waals surface area contributed by atoms with E-state index in [-0.39, 0.29) is 11.9 Å². The van der Waals surface area contributed by atoms with Gasteiger partial charge in [0.25, 0.3) is 0 Å². The minimum atomic E-state index is -0.0422. The standard InChI is InChI=1S/C22H23N3O3S/c23-9-13-29-21-6-2-1-4-17(21)24-22(26)15-25-10-3-5-18(25)16-7-8-19-20(14-16)28-12-11-27-19/h1-2,4,6-8,14,18H,3,5,10-13,15H2,(H,24,26)/t18-/m0/s1. The minimum Gasteiger partial charge on any atom is -0.486 e. The van der Waals surface area contributed by atoms with Gasteiger partial charge in [0.1, 0.15) is 13.2 Å². The molecule has 2 aliphatic heterocycles. The molecular formula is C22H23N3O3S. The number of benzene rings is 2. The SMILES string of the molecule is N#CCSc1ccccc1NC(=O)CN1CCC[C@H]1c1ccc2c(c1)OCCO2. The molecule has 0 bridgehead atoms. The summed E-state index contributed by atoms with van der Waals surface area (Å²) in [6.07, 6.45) is 2.07. The molecule has 1 atom stereocenters. The van der Waals surface area contributed by atoms with Crippen LogP contribution in [0.3, 0.4) is 0 Å². The lowest BCUT2D eigenvalue weighted by atomic mass is 10.0. The number of carbonyl (C=O) groups excluding carboxylic acids is 1. The summed E-state index contributed by atoms with van der Waals surface area (Å²) in [5, 5.41) is 11.8.